The Balaban J connectivity index is 0.000000235. The van der Waals surface area contributed by atoms with E-state index in [1.54, 1.807) is 110 Å². The van der Waals surface area contributed by atoms with Crippen molar-refractivity contribution in [3.63, 3.8) is 0 Å². The number of rotatable bonds is 18. The Bertz CT molecular complexity index is 5910. The Labute approximate surface area is 764 Å². The van der Waals surface area contributed by atoms with Gasteiger partial charge in [-0.05, 0) is 266 Å². The minimum absolute atomic E-state index is 0. The molecule has 22 nitrogen and oxygen atoms in total. The molecule has 11 heterocycles. The fourth-order valence-electron chi connectivity index (χ4n) is 11.2. The van der Waals surface area contributed by atoms with Crippen molar-refractivity contribution < 1.29 is 83.4 Å². The molecule has 1 fully saturated rings. The van der Waals surface area contributed by atoms with Gasteiger partial charge in [0, 0.05) is 88.6 Å². The molecule has 0 saturated carbocycles. The monoisotopic (exact) mass is 1870 g/mol. The number of aliphatic hydroxyl groups is 2. The molecular formula is C89H93BrCl4MgN8O14S4. The SMILES string of the molecule is C.C1CCOC1.CC(=O)c1ccc(-c2cc(Cl)c3oc(CN)cc3c2)s1.CC(=O)c1ccc(-c2cc(Cl)c3oc(CNC(=O)OC(C)(C)C)cc3c2)s1.CC(C)(O)c1ccc(-c2cc(Cl)c3oc(CN)cc3c2)s1.CC(C)(O)c1ccc(-c2cc(Cl)c3oc(CNC(=O)/C=C/c4ccc(N)nc4)cc3c2)s1.Nc1ccc(/C=C/C(=O)O)cn1.[Br-].[CH3-].[Mg+2]. The molecular weight excluding hydrogens is 1780 g/mol. The number of thiophene rings is 4. The number of aromatic nitrogens is 2. The van der Waals surface area contributed by atoms with Crippen LogP contribution in [0.5, 0.6) is 0 Å². The number of aliphatic carboxylic acids is 1. The first-order valence-electron chi connectivity index (χ1n) is 36.5. The number of nitrogens with two attached hydrogens (primary N) is 4. The van der Waals surface area contributed by atoms with E-state index in [-0.39, 0.29) is 85.5 Å². The molecule has 1 saturated heterocycles. The van der Waals surface area contributed by atoms with Crippen LogP contribution in [0.25, 0.3) is 97.8 Å². The Hall–Kier alpha value is -9.02. The number of amides is 2. The molecule has 0 radical (unpaired) electrons. The van der Waals surface area contributed by atoms with Crippen LogP contribution in [0.1, 0.15) is 146 Å². The van der Waals surface area contributed by atoms with E-state index in [0.717, 1.165) is 103 Å². The van der Waals surface area contributed by atoms with Crippen molar-refractivity contribution in [2.24, 2.45) is 11.5 Å². The third kappa shape index (κ3) is 29.1. The molecule has 4 aromatic carbocycles. The summed E-state index contributed by atoms with van der Waals surface area (Å²) in [6.45, 7) is 18.7. The number of carboxylic acid groups (broad SMARTS) is 1. The fraction of sp³-hybridized carbons (Fsp3) is 0.236. The van der Waals surface area contributed by atoms with Crippen LogP contribution < -0.4 is 50.5 Å². The van der Waals surface area contributed by atoms with E-state index >= 15 is 0 Å². The topological polar surface area (TPSA) is 371 Å². The van der Waals surface area contributed by atoms with E-state index in [9.17, 15) is 34.2 Å². The summed E-state index contributed by atoms with van der Waals surface area (Å²) in [4.78, 5) is 71.9. The minimum Gasteiger partial charge on any atom is -1.00 e. The van der Waals surface area contributed by atoms with E-state index in [2.05, 4.69) is 20.6 Å². The zero-order valence-electron chi connectivity index (χ0n) is 67.2. The number of ether oxygens (including phenoxy) is 2. The molecule has 14 aromatic rings. The average Bonchev–Trinajstić information content (AvgIpc) is 1.67. The van der Waals surface area contributed by atoms with Gasteiger partial charge in [-0.1, -0.05) is 53.8 Å². The molecule has 2 amide bonds. The maximum absolute atomic E-state index is 12.1. The molecule has 0 bridgehead atoms. The van der Waals surface area contributed by atoms with Gasteiger partial charge in [0.25, 0.3) is 0 Å². The summed E-state index contributed by atoms with van der Waals surface area (Å²) in [6, 6.07) is 45.0. The molecule has 10 aromatic heterocycles. The van der Waals surface area contributed by atoms with Crippen LogP contribution in [-0.4, -0.2) is 96.7 Å². The third-order valence-corrected chi connectivity index (χ3v) is 23.4. The number of furan rings is 4. The first kappa shape index (κ1) is 101. The van der Waals surface area contributed by atoms with E-state index in [1.807, 2.05) is 121 Å². The number of hydrogen-bond acceptors (Lipinski definition) is 23. The van der Waals surface area contributed by atoms with Gasteiger partial charge in [-0.25, -0.2) is 19.6 Å². The minimum atomic E-state index is -0.980. The van der Waals surface area contributed by atoms with Crippen LogP contribution in [0.15, 0.2) is 188 Å². The fourth-order valence-corrected chi connectivity index (χ4v) is 16.0. The predicted octanol–water partition coefficient (Wildman–Crippen LogP) is 19.6. The number of benzene rings is 4. The Morgan fingerprint density at radius 2 is 0.835 bits per heavy atom. The summed E-state index contributed by atoms with van der Waals surface area (Å²) < 4.78 is 32.9. The van der Waals surface area contributed by atoms with Crippen molar-refractivity contribution in [1.29, 1.82) is 0 Å². The molecule has 0 spiro atoms. The number of nitrogens with zero attached hydrogens (tertiary/aromatic N) is 2. The summed E-state index contributed by atoms with van der Waals surface area (Å²) in [6.07, 6.45) is 10.7. The number of carbonyl (C=O) groups is 5. The zero-order valence-corrected chi connectivity index (χ0v) is 76.5. The maximum atomic E-state index is 12.1. The smallest absolute Gasteiger partial charge is 1.00 e. The first-order chi connectivity index (χ1) is 55.4. The van der Waals surface area contributed by atoms with E-state index in [1.165, 1.54) is 65.2 Å². The summed E-state index contributed by atoms with van der Waals surface area (Å²) in [5.74, 6) is 2.31. The predicted molar refractivity (Wildman–Crippen MR) is 491 cm³/mol. The second kappa shape index (κ2) is 45.4. The van der Waals surface area contributed by atoms with E-state index in [0.29, 0.717) is 101 Å². The molecule has 121 heavy (non-hydrogen) atoms. The van der Waals surface area contributed by atoms with Crippen LogP contribution >= 0.6 is 91.8 Å². The normalized spacial score (nSPS) is 11.7. The maximum Gasteiger partial charge on any atom is 2.00 e. The summed E-state index contributed by atoms with van der Waals surface area (Å²) in [5, 5.41) is 39.7. The van der Waals surface area contributed by atoms with E-state index < -0.39 is 28.9 Å². The molecule has 1 aliphatic heterocycles. The first-order valence-corrected chi connectivity index (χ1v) is 41.2. The van der Waals surface area contributed by atoms with Gasteiger partial charge in [-0.3, -0.25) is 14.4 Å². The number of halogens is 5. The van der Waals surface area contributed by atoms with Crippen molar-refractivity contribution in [1.82, 2.24) is 20.6 Å². The number of ketones is 2. The molecule has 0 atom stereocenters. The standard InChI is InChI=1S/C24H22ClN3O3S.C20H20ClNO4S.C16H16ClNO2S.C15H12ClNO2S.C8H8N2O2.C4H8O.CH4.CH3.BrH.Mg/c1-24(2,30)20-6-5-19(32-20)15-9-16-10-17(31-23(16)18(25)11-15)13-28-22(29)8-4-14-3-7-21(26)27-12-14;1-11(23)16-5-6-17(27-16)12-7-13-8-14(25-18(13)15(21)9-12)10-22-19(24)26-20(2,3)4;1-16(2,19)14-4-3-13(21-14)9-5-10-6-11(8-18)20-15(10)12(17)7-9;1-8(18)13-2-3-14(20-13)9-4-10-5-11(7-17)19-15(10)12(16)6-9;9-7-3-1-6(5-10-7)2-4-8(11)12;1-2-4-5-3-1;;;;/h3-12,30H,13H2,1-2H3,(H2,26,27)(H,28,29);5-9H,10H2,1-4H3,(H,22,24);3-7,19H,8,18H2,1-2H3;2-6H,7,17H2,1H3;1-5H,(H2,9,10)(H,11,12);1-4H2;1H4;1H3;1H;/q;;;;;;;-1;;+2/p-1/b8-4+;;;;4-2+;;;;;. The quantitative estimate of drug-likeness (QED) is 0.0167. The average molecular weight is 1870 g/mol. The number of carbonyl (C=O) groups excluding carboxylic acids is 4. The molecule has 13 N–H and O–H groups in total. The second-order valence-electron chi connectivity index (χ2n) is 28.6. The number of nitrogens with one attached hydrogen (secondary N) is 2. The molecule has 0 unspecified atom stereocenters. The van der Waals surface area contributed by atoms with Gasteiger partial charge in [0.1, 0.15) is 40.3 Å². The van der Waals surface area contributed by atoms with E-state index in [4.69, 9.17) is 102 Å². The number of hydrogen-bond donors (Lipinski definition) is 9. The largest absolute Gasteiger partial charge is 2.00 e. The Morgan fingerprint density at radius 3 is 1.13 bits per heavy atom. The Kier molecular flexibility index (Phi) is 37.8. The van der Waals surface area contributed by atoms with Gasteiger partial charge in [-0.2, -0.15) is 0 Å². The Morgan fingerprint density at radius 1 is 0.496 bits per heavy atom. The summed E-state index contributed by atoms with van der Waals surface area (Å²) in [7, 11) is 0. The molecule has 32 heteroatoms. The molecule has 15 rings (SSSR count). The number of Topliss-reactive ketones (excluding diaryl/α,β-unsaturated/α-hetero) is 2. The van der Waals surface area contributed by atoms with Crippen LogP contribution in [0, 0.1) is 7.43 Å². The summed E-state index contributed by atoms with van der Waals surface area (Å²) >= 11 is 31.4. The number of alkyl carbamates (subject to hydrolysis) is 1. The van der Waals surface area contributed by atoms with Gasteiger partial charge in [-0.15, -0.1) is 45.3 Å². The third-order valence-electron chi connectivity index (χ3n) is 16.9. The van der Waals surface area contributed by atoms with Crippen molar-refractivity contribution in [2.75, 3.05) is 24.7 Å². The second-order valence-corrected chi connectivity index (χ2v) is 34.5. The molecule has 0 aliphatic carbocycles. The van der Waals surface area contributed by atoms with Gasteiger partial charge < -0.3 is 100 Å². The summed E-state index contributed by atoms with van der Waals surface area (Å²) in [5.41, 5.74) is 27.6. The number of carboxylic acids is 1. The van der Waals surface area contributed by atoms with Gasteiger partial charge in [0.05, 0.1) is 67.2 Å². The number of nitrogen functional groups attached to an aromatic ring is 2. The van der Waals surface area contributed by atoms with Crippen LogP contribution in [-0.2, 0) is 56.4 Å². The zero-order chi connectivity index (χ0) is 84.6. The number of fused-ring (bicyclic) bond motifs is 4. The van der Waals surface area contributed by atoms with Crippen LogP contribution in [0.4, 0.5) is 16.4 Å². The van der Waals surface area contributed by atoms with Gasteiger partial charge in [0.15, 0.2) is 33.9 Å². The van der Waals surface area contributed by atoms with Crippen molar-refractivity contribution in [2.45, 2.75) is 126 Å². The molecule has 1 aliphatic rings. The van der Waals surface area contributed by atoms with Gasteiger partial charge in [0.2, 0.25) is 5.91 Å². The van der Waals surface area contributed by atoms with Crippen LogP contribution in [0.2, 0.25) is 20.1 Å². The van der Waals surface area contributed by atoms with Crippen molar-refractivity contribution >= 4 is 212 Å². The van der Waals surface area contributed by atoms with Crippen molar-refractivity contribution in [3.05, 3.63) is 251 Å². The van der Waals surface area contributed by atoms with Crippen molar-refractivity contribution in [3.8, 4) is 41.8 Å². The van der Waals surface area contributed by atoms with Gasteiger partial charge >= 0.3 is 35.1 Å². The number of pyridine rings is 2. The molecule has 634 valence electrons. The van der Waals surface area contributed by atoms with Crippen LogP contribution in [0.3, 0.4) is 0 Å². The number of anilines is 2.